The molecule has 0 spiro atoms. The lowest BCUT2D eigenvalue weighted by Gasteiger charge is -2.25. The third kappa shape index (κ3) is 5.49. The molecule has 7 heteroatoms. The number of carboxylic acid groups (broad SMARTS) is 1. The molecule has 2 saturated heterocycles. The van der Waals surface area contributed by atoms with Gasteiger partial charge in [0.2, 0.25) is 0 Å². The molecule has 0 radical (unpaired) electrons. The molecule has 2 aromatic carbocycles. The van der Waals surface area contributed by atoms with Gasteiger partial charge < -0.3 is 15.2 Å². The lowest BCUT2D eigenvalue weighted by atomic mass is 9.77. The van der Waals surface area contributed by atoms with Crippen LogP contribution in [0, 0.1) is 11.8 Å². The molecule has 2 aliphatic rings. The van der Waals surface area contributed by atoms with Crippen LogP contribution in [0.1, 0.15) is 30.4 Å². The summed E-state index contributed by atoms with van der Waals surface area (Å²) in [7, 11) is 0. The SMILES string of the molecule is O=C(O)Cc1cccc(CCC2C3CCC(O3)C2/C=N/NC(=O)Nc2ccccc2)c1. The molecule has 3 N–H and O–H groups in total. The molecule has 4 unspecified atom stereocenters. The second-order valence-electron chi connectivity index (χ2n) is 8.17. The zero-order valence-corrected chi connectivity index (χ0v) is 17.2. The van der Waals surface area contributed by atoms with E-state index in [1.54, 1.807) is 0 Å². The maximum atomic E-state index is 12.0. The number of fused-ring (bicyclic) bond motifs is 2. The number of urea groups is 1. The van der Waals surface area contributed by atoms with Gasteiger partial charge >= 0.3 is 12.0 Å². The van der Waals surface area contributed by atoms with E-state index in [1.165, 1.54) is 0 Å². The summed E-state index contributed by atoms with van der Waals surface area (Å²) in [6.45, 7) is 0. The summed E-state index contributed by atoms with van der Waals surface area (Å²) in [5, 5.41) is 15.9. The first-order valence-electron chi connectivity index (χ1n) is 10.7. The molecule has 4 atom stereocenters. The molecular formula is C24H27N3O4. The molecule has 0 aliphatic carbocycles. The van der Waals surface area contributed by atoms with Crippen LogP contribution in [0.3, 0.4) is 0 Å². The Morgan fingerprint density at radius 1 is 1.06 bits per heavy atom. The Hall–Kier alpha value is -3.19. The van der Waals surface area contributed by atoms with E-state index in [9.17, 15) is 9.59 Å². The minimum atomic E-state index is -0.821. The van der Waals surface area contributed by atoms with Gasteiger partial charge in [0.15, 0.2) is 0 Å². The molecule has 2 fully saturated rings. The lowest BCUT2D eigenvalue weighted by Crippen LogP contribution is -2.30. The first kappa shape index (κ1) is 21.1. The molecule has 2 aliphatic heterocycles. The standard InChI is InChI=1S/C24H27N3O4/c28-23(29)14-17-6-4-5-16(13-17)9-10-19-20(22-12-11-21(19)31-22)15-25-27-24(30)26-18-7-2-1-3-8-18/h1-8,13,15,19-22H,9-12,14H2,(H,28,29)(H2,26,27,30)/b25-15+. The first-order valence-corrected chi connectivity index (χ1v) is 10.7. The number of carbonyl (C=O) groups excluding carboxylic acids is 1. The molecule has 0 aromatic heterocycles. The summed E-state index contributed by atoms with van der Waals surface area (Å²) in [6, 6.07) is 16.6. The predicted octanol–water partition coefficient (Wildman–Crippen LogP) is 3.85. The van der Waals surface area contributed by atoms with Crippen molar-refractivity contribution in [3.63, 3.8) is 0 Å². The molecule has 4 rings (SSSR count). The van der Waals surface area contributed by atoms with Crippen molar-refractivity contribution in [3.8, 4) is 0 Å². The number of carboxylic acids is 1. The number of rotatable bonds is 8. The van der Waals surface area contributed by atoms with Crippen LogP contribution in [0.2, 0.25) is 0 Å². The number of carbonyl (C=O) groups is 2. The van der Waals surface area contributed by atoms with Gasteiger partial charge in [0, 0.05) is 17.8 Å². The monoisotopic (exact) mass is 421 g/mol. The van der Waals surface area contributed by atoms with E-state index in [0.717, 1.165) is 36.8 Å². The number of hydrazone groups is 1. The van der Waals surface area contributed by atoms with E-state index in [-0.39, 0.29) is 30.6 Å². The summed E-state index contributed by atoms with van der Waals surface area (Å²) in [5.41, 5.74) is 5.21. The van der Waals surface area contributed by atoms with Gasteiger partial charge in [-0.3, -0.25) is 4.79 Å². The number of anilines is 1. The van der Waals surface area contributed by atoms with Gasteiger partial charge in [-0.2, -0.15) is 5.10 Å². The maximum absolute atomic E-state index is 12.0. The zero-order chi connectivity index (χ0) is 21.6. The average molecular weight is 421 g/mol. The quantitative estimate of drug-likeness (QED) is 0.445. The van der Waals surface area contributed by atoms with Gasteiger partial charge in [-0.1, -0.05) is 42.5 Å². The summed E-state index contributed by atoms with van der Waals surface area (Å²) in [4.78, 5) is 23.0. The largest absolute Gasteiger partial charge is 0.481 e. The van der Waals surface area contributed by atoms with E-state index in [0.29, 0.717) is 11.6 Å². The number of hydrogen-bond donors (Lipinski definition) is 3. The highest BCUT2D eigenvalue weighted by Crippen LogP contribution is 2.44. The van der Waals surface area contributed by atoms with Crippen LogP contribution in [0.4, 0.5) is 10.5 Å². The van der Waals surface area contributed by atoms with E-state index in [1.807, 2.05) is 60.8 Å². The Bertz CT molecular complexity index is 947. The highest BCUT2D eigenvalue weighted by molar-refractivity contribution is 5.89. The predicted molar refractivity (Wildman–Crippen MR) is 118 cm³/mol. The average Bonchev–Trinajstić information content (AvgIpc) is 3.35. The fourth-order valence-corrected chi connectivity index (χ4v) is 4.66. The number of aryl methyl sites for hydroxylation is 1. The van der Waals surface area contributed by atoms with E-state index in [4.69, 9.17) is 9.84 Å². The Morgan fingerprint density at radius 2 is 1.84 bits per heavy atom. The minimum Gasteiger partial charge on any atom is -0.481 e. The molecule has 162 valence electrons. The van der Waals surface area contributed by atoms with Crippen molar-refractivity contribution in [2.45, 2.75) is 44.3 Å². The number of para-hydroxylation sites is 1. The van der Waals surface area contributed by atoms with Gasteiger partial charge in [-0.15, -0.1) is 0 Å². The highest BCUT2D eigenvalue weighted by Gasteiger charge is 2.47. The van der Waals surface area contributed by atoms with Crippen molar-refractivity contribution in [3.05, 3.63) is 65.7 Å². The van der Waals surface area contributed by atoms with Crippen molar-refractivity contribution in [1.29, 1.82) is 0 Å². The molecule has 2 amide bonds. The number of hydrogen-bond acceptors (Lipinski definition) is 4. The van der Waals surface area contributed by atoms with Crippen LogP contribution in [0.15, 0.2) is 59.7 Å². The molecular weight excluding hydrogens is 394 g/mol. The van der Waals surface area contributed by atoms with Crippen molar-refractivity contribution < 1.29 is 19.4 Å². The smallest absolute Gasteiger partial charge is 0.339 e. The van der Waals surface area contributed by atoms with Crippen LogP contribution < -0.4 is 10.7 Å². The molecule has 0 saturated carbocycles. The Labute approximate surface area is 181 Å². The molecule has 2 bridgehead atoms. The Balaban J connectivity index is 1.33. The van der Waals surface area contributed by atoms with Crippen LogP contribution in [-0.2, 0) is 22.4 Å². The van der Waals surface area contributed by atoms with Gasteiger partial charge in [-0.05, 0) is 54.9 Å². The van der Waals surface area contributed by atoms with Gasteiger partial charge in [0.05, 0.1) is 18.6 Å². The fourth-order valence-electron chi connectivity index (χ4n) is 4.66. The third-order valence-electron chi connectivity index (χ3n) is 6.04. The van der Waals surface area contributed by atoms with E-state index in [2.05, 4.69) is 15.8 Å². The molecule has 31 heavy (non-hydrogen) atoms. The number of nitrogens with zero attached hydrogens (tertiary/aromatic N) is 1. The van der Waals surface area contributed by atoms with Crippen molar-refractivity contribution in [2.24, 2.45) is 16.9 Å². The molecule has 2 heterocycles. The second-order valence-corrected chi connectivity index (χ2v) is 8.17. The van der Waals surface area contributed by atoms with Crippen LogP contribution in [0.5, 0.6) is 0 Å². The second kappa shape index (κ2) is 9.75. The van der Waals surface area contributed by atoms with E-state index < -0.39 is 5.97 Å². The maximum Gasteiger partial charge on any atom is 0.339 e. The Kier molecular flexibility index (Phi) is 6.62. The third-order valence-corrected chi connectivity index (χ3v) is 6.04. The summed E-state index contributed by atoms with van der Waals surface area (Å²) in [6.07, 6.45) is 6.10. The topological polar surface area (TPSA) is 100 Å². The molecule has 7 nitrogen and oxygen atoms in total. The lowest BCUT2D eigenvalue weighted by molar-refractivity contribution is -0.136. The molecule has 2 aromatic rings. The van der Waals surface area contributed by atoms with Crippen molar-refractivity contribution >= 4 is 23.9 Å². The number of amides is 2. The number of benzene rings is 2. The van der Waals surface area contributed by atoms with Gasteiger partial charge in [0.25, 0.3) is 0 Å². The number of aliphatic carboxylic acids is 1. The highest BCUT2D eigenvalue weighted by atomic mass is 16.5. The summed E-state index contributed by atoms with van der Waals surface area (Å²) < 4.78 is 6.12. The number of nitrogens with one attached hydrogen (secondary N) is 2. The number of ether oxygens (including phenoxy) is 1. The zero-order valence-electron chi connectivity index (χ0n) is 17.2. The van der Waals surface area contributed by atoms with Gasteiger partial charge in [0.1, 0.15) is 0 Å². The van der Waals surface area contributed by atoms with Crippen molar-refractivity contribution in [1.82, 2.24) is 5.43 Å². The van der Waals surface area contributed by atoms with Gasteiger partial charge in [-0.25, -0.2) is 10.2 Å². The summed E-state index contributed by atoms with van der Waals surface area (Å²) in [5.74, 6) is -0.318. The fraction of sp³-hybridized carbons (Fsp3) is 0.375. The van der Waals surface area contributed by atoms with Crippen LogP contribution in [-0.4, -0.2) is 35.5 Å². The normalized spacial score (nSPS) is 24.4. The van der Waals surface area contributed by atoms with Crippen LogP contribution >= 0.6 is 0 Å². The van der Waals surface area contributed by atoms with E-state index >= 15 is 0 Å². The summed E-state index contributed by atoms with van der Waals surface area (Å²) >= 11 is 0. The van der Waals surface area contributed by atoms with Crippen molar-refractivity contribution in [2.75, 3.05) is 5.32 Å². The Morgan fingerprint density at radius 3 is 2.65 bits per heavy atom. The minimum absolute atomic E-state index is 0.0388. The first-order chi connectivity index (χ1) is 15.1. The van der Waals surface area contributed by atoms with Crippen LogP contribution in [0.25, 0.3) is 0 Å².